The van der Waals surface area contributed by atoms with Gasteiger partial charge in [-0.05, 0) is 25.8 Å². The highest BCUT2D eigenvalue weighted by Crippen LogP contribution is 2.30. The molecular weight excluding hydrogens is 222 g/mol. The van der Waals surface area contributed by atoms with Crippen LogP contribution in [0.1, 0.15) is 32.3 Å². The monoisotopic (exact) mass is 243 g/mol. The molecule has 18 heavy (non-hydrogen) atoms. The average molecular weight is 243 g/mol. The number of benzene rings is 1. The van der Waals surface area contributed by atoms with E-state index in [1.807, 2.05) is 6.07 Å². The van der Waals surface area contributed by atoms with Crippen molar-refractivity contribution >= 4 is 6.29 Å². The van der Waals surface area contributed by atoms with Crippen molar-refractivity contribution < 1.29 is 4.79 Å². The molecule has 0 bridgehead atoms. The van der Waals surface area contributed by atoms with E-state index in [1.165, 1.54) is 11.1 Å². The molecule has 96 valence electrons. The Morgan fingerprint density at radius 3 is 2.61 bits per heavy atom. The molecule has 0 amide bonds. The second-order valence-corrected chi connectivity index (χ2v) is 5.59. The molecule has 0 spiro atoms. The third-order valence-corrected chi connectivity index (χ3v) is 3.68. The molecule has 1 aliphatic rings. The summed E-state index contributed by atoms with van der Waals surface area (Å²) >= 11 is 0. The number of aldehydes is 1. The van der Waals surface area contributed by atoms with E-state index in [2.05, 4.69) is 49.1 Å². The lowest BCUT2D eigenvalue weighted by Crippen LogP contribution is -2.46. The minimum atomic E-state index is 0.128. The van der Waals surface area contributed by atoms with Crippen LogP contribution in [-0.4, -0.2) is 23.3 Å². The second-order valence-electron chi connectivity index (χ2n) is 5.59. The van der Waals surface area contributed by atoms with Crippen LogP contribution in [0.15, 0.2) is 42.0 Å². The molecule has 1 aliphatic heterocycles. The second kappa shape index (κ2) is 5.49. The van der Waals surface area contributed by atoms with Gasteiger partial charge in [-0.15, -0.1) is 0 Å². The van der Waals surface area contributed by atoms with E-state index in [0.29, 0.717) is 6.42 Å². The number of nitrogens with zero attached hydrogens (tertiary/aromatic N) is 1. The molecule has 0 saturated heterocycles. The summed E-state index contributed by atoms with van der Waals surface area (Å²) in [4.78, 5) is 13.1. The number of rotatable bonds is 4. The van der Waals surface area contributed by atoms with E-state index in [-0.39, 0.29) is 5.54 Å². The van der Waals surface area contributed by atoms with Crippen molar-refractivity contribution in [2.45, 2.75) is 38.8 Å². The van der Waals surface area contributed by atoms with Crippen LogP contribution in [0.2, 0.25) is 0 Å². The maximum absolute atomic E-state index is 10.6. The van der Waals surface area contributed by atoms with Gasteiger partial charge in [0.1, 0.15) is 6.29 Å². The maximum atomic E-state index is 10.6. The highest BCUT2D eigenvalue weighted by molar-refractivity contribution is 5.54. The Hall–Kier alpha value is -1.41. The molecule has 0 unspecified atom stereocenters. The van der Waals surface area contributed by atoms with Crippen LogP contribution in [0, 0.1) is 0 Å². The molecule has 0 atom stereocenters. The summed E-state index contributed by atoms with van der Waals surface area (Å²) in [5.74, 6) is 0. The van der Waals surface area contributed by atoms with Crippen LogP contribution < -0.4 is 0 Å². The van der Waals surface area contributed by atoms with Crippen LogP contribution in [0.4, 0.5) is 0 Å². The molecule has 0 N–H and O–H groups in total. The van der Waals surface area contributed by atoms with Gasteiger partial charge in [-0.3, -0.25) is 4.90 Å². The van der Waals surface area contributed by atoms with Crippen LogP contribution in [0.25, 0.3) is 0 Å². The molecule has 2 heteroatoms. The fourth-order valence-corrected chi connectivity index (χ4v) is 2.57. The zero-order chi connectivity index (χ0) is 13.0. The van der Waals surface area contributed by atoms with Crippen molar-refractivity contribution in [1.29, 1.82) is 0 Å². The number of hydrogen-bond acceptors (Lipinski definition) is 2. The Labute approximate surface area is 109 Å². The summed E-state index contributed by atoms with van der Waals surface area (Å²) in [6, 6.07) is 10.5. The molecule has 1 aromatic rings. The number of hydrogen-bond donors (Lipinski definition) is 0. The quantitative estimate of drug-likeness (QED) is 0.598. The predicted octanol–water partition coefficient (Wildman–Crippen LogP) is 3.19. The summed E-state index contributed by atoms with van der Waals surface area (Å²) in [5, 5.41) is 0. The van der Waals surface area contributed by atoms with Gasteiger partial charge >= 0.3 is 0 Å². The highest BCUT2D eigenvalue weighted by atomic mass is 16.1. The lowest BCUT2D eigenvalue weighted by Gasteiger charge is -2.42. The van der Waals surface area contributed by atoms with Crippen molar-refractivity contribution in [3.05, 3.63) is 47.5 Å². The zero-order valence-electron chi connectivity index (χ0n) is 11.2. The van der Waals surface area contributed by atoms with Crippen LogP contribution in [0.5, 0.6) is 0 Å². The molecule has 2 rings (SSSR count). The number of carbonyl (C=O) groups excluding carboxylic acids is 1. The first-order valence-electron chi connectivity index (χ1n) is 6.52. The first-order chi connectivity index (χ1) is 8.62. The van der Waals surface area contributed by atoms with Crippen molar-refractivity contribution in [1.82, 2.24) is 4.90 Å². The van der Waals surface area contributed by atoms with E-state index in [4.69, 9.17) is 0 Å². The SMILES string of the molecule is CC1(C)CC(CC=O)=CCN1Cc1ccccc1. The summed E-state index contributed by atoms with van der Waals surface area (Å²) in [7, 11) is 0. The molecule has 0 aromatic heterocycles. The van der Waals surface area contributed by atoms with Crippen LogP contribution >= 0.6 is 0 Å². The van der Waals surface area contributed by atoms with Gasteiger partial charge in [0.2, 0.25) is 0 Å². The molecule has 0 aliphatic carbocycles. The normalized spacial score (nSPS) is 19.3. The summed E-state index contributed by atoms with van der Waals surface area (Å²) in [6.07, 6.45) is 4.79. The van der Waals surface area contributed by atoms with Gasteiger partial charge in [0.15, 0.2) is 0 Å². The van der Waals surface area contributed by atoms with Gasteiger partial charge in [0, 0.05) is 25.0 Å². The van der Waals surface area contributed by atoms with Crippen molar-refractivity contribution in [2.75, 3.05) is 6.54 Å². The van der Waals surface area contributed by atoms with Gasteiger partial charge in [0.25, 0.3) is 0 Å². The molecule has 1 heterocycles. The molecule has 0 saturated carbocycles. The standard InChI is InChI=1S/C16H21NO/c1-16(2)12-14(9-11-18)8-10-17(16)13-15-6-4-3-5-7-15/h3-8,11H,9-10,12-13H2,1-2H3. The molecule has 0 radical (unpaired) electrons. The van der Waals surface area contributed by atoms with Gasteiger partial charge in [-0.1, -0.05) is 42.0 Å². The Morgan fingerprint density at radius 1 is 1.28 bits per heavy atom. The minimum Gasteiger partial charge on any atom is -0.303 e. The van der Waals surface area contributed by atoms with Crippen molar-refractivity contribution in [3.63, 3.8) is 0 Å². The van der Waals surface area contributed by atoms with Crippen LogP contribution in [0.3, 0.4) is 0 Å². The van der Waals surface area contributed by atoms with E-state index < -0.39 is 0 Å². The van der Waals surface area contributed by atoms with E-state index >= 15 is 0 Å². The lowest BCUT2D eigenvalue weighted by molar-refractivity contribution is -0.107. The summed E-state index contributed by atoms with van der Waals surface area (Å²) in [5.41, 5.74) is 2.75. The van der Waals surface area contributed by atoms with Crippen LogP contribution in [-0.2, 0) is 11.3 Å². The number of carbonyl (C=O) groups is 1. The van der Waals surface area contributed by atoms with E-state index in [9.17, 15) is 4.79 Å². The first-order valence-corrected chi connectivity index (χ1v) is 6.52. The Morgan fingerprint density at radius 2 is 2.00 bits per heavy atom. The smallest absolute Gasteiger partial charge is 0.124 e. The molecule has 0 fully saturated rings. The Bertz CT molecular complexity index is 434. The molecular formula is C16H21NO. The average Bonchev–Trinajstić information content (AvgIpc) is 2.34. The topological polar surface area (TPSA) is 20.3 Å². The minimum absolute atomic E-state index is 0.128. The third-order valence-electron chi connectivity index (χ3n) is 3.68. The Balaban J connectivity index is 2.08. The Kier molecular flexibility index (Phi) is 3.97. The fourth-order valence-electron chi connectivity index (χ4n) is 2.57. The van der Waals surface area contributed by atoms with E-state index in [0.717, 1.165) is 25.8 Å². The van der Waals surface area contributed by atoms with Crippen molar-refractivity contribution in [3.8, 4) is 0 Å². The van der Waals surface area contributed by atoms with Gasteiger partial charge < -0.3 is 4.79 Å². The van der Waals surface area contributed by atoms with Gasteiger partial charge in [-0.25, -0.2) is 0 Å². The molecule has 2 nitrogen and oxygen atoms in total. The van der Waals surface area contributed by atoms with Crippen molar-refractivity contribution in [2.24, 2.45) is 0 Å². The predicted molar refractivity (Wildman–Crippen MR) is 74.3 cm³/mol. The van der Waals surface area contributed by atoms with Gasteiger partial charge in [-0.2, -0.15) is 0 Å². The zero-order valence-corrected chi connectivity index (χ0v) is 11.2. The highest BCUT2D eigenvalue weighted by Gasteiger charge is 2.30. The third kappa shape index (κ3) is 3.08. The summed E-state index contributed by atoms with van der Waals surface area (Å²) in [6.45, 7) is 6.42. The largest absolute Gasteiger partial charge is 0.303 e. The lowest BCUT2D eigenvalue weighted by atomic mass is 9.87. The maximum Gasteiger partial charge on any atom is 0.124 e. The fraction of sp³-hybridized carbons (Fsp3) is 0.438. The van der Waals surface area contributed by atoms with Gasteiger partial charge in [0.05, 0.1) is 0 Å². The van der Waals surface area contributed by atoms with E-state index in [1.54, 1.807) is 0 Å². The molecule has 1 aromatic carbocycles. The first kappa shape index (κ1) is 13.0. The summed E-state index contributed by atoms with van der Waals surface area (Å²) < 4.78 is 0.